The van der Waals surface area contributed by atoms with Crippen molar-refractivity contribution >= 4 is 5.69 Å². The first-order valence-electron chi connectivity index (χ1n) is 8.04. The molecule has 0 spiro atoms. The van der Waals surface area contributed by atoms with Crippen molar-refractivity contribution < 1.29 is 4.74 Å². The van der Waals surface area contributed by atoms with Crippen LogP contribution in [0.25, 0.3) is 0 Å². The molecule has 0 radical (unpaired) electrons. The fourth-order valence-corrected chi connectivity index (χ4v) is 2.54. The highest BCUT2D eigenvalue weighted by atomic mass is 16.5. The van der Waals surface area contributed by atoms with Crippen molar-refractivity contribution in [3.05, 3.63) is 36.0 Å². The molecular formula is C18H22N4O. The molecule has 0 aliphatic carbocycles. The summed E-state index contributed by atoms with van der Waals surface area (Å²) in [5, 5.41) is 20.2. The third-order valence-corrected chi connectivity index (χ3v) is 3.85. The van der Waals surface area contributed by atoms with Crippen LogP contribution < -0.4 is 10.1 Å². The third kappa shape index (κ3) is 6.02. The largest absolute Gasteiger partial charge is 0.492 e. The third-order valence-electron chi connectivity index (χ3n) is 3.85. The molecule has 1 aromatic carbocycles. The molecule has 1 aliphatic heterocycles. The van der Waals surface area contributed by atoms with Gasteiger partial charge >= 0.3 is 0 Å². The number of hydrogen-bond acceptors (Lipinski definition) is 5. The molecule has 1 heterocycles. The lowest BCUT2D eigenvalue weighted by Gasteiger charge is -2.19. The van der Waals surface area contributed by atoms with Crippen LogP contribution in [0.1, 0.15) is 25.7 Å². The number of nitrogens with zero attached hydrogens (tertiary/aromatic N) is 3. The highest BCUT2D eigenvalue weighted by Crippen LogP contribution is 2.16. The predicted octanol–water partition coefficient (Wildman–Crippen LogP) is 3.28. The maximum Gasteiger partial charge on any atom is 0.145 e. The lowest BCUT2D eigenvalue weighted by Crippen LogP contribution is -2.29. The number of nitriles is 2. The van der Waals surface area contributed by atoms with E-state index >= 15 is 0 Å². The van der Waals surface area contributed by atoms with Crippen LogP contribution in [0.2, 0.25) is 0 Å². The molecule has 1 N–H and O–H groups in total. The zero-order valence-electron chi connectivity index (χ0n) is 13.3. The van der Waals surface area contributed by atoms with E-state index in [9.17, 15) is 0 Å². The van der Waals surface area contributed by atoms with E-state index in [1.807, 2.05) is 24.3 Å². The fourth-order valence-electron chi connectivity index (χ4n) is 2.54. The SMILES string of the molecule is N#CC(C#N)=CNc1ccc(OCCN2CCCCCC2)cc1. The summed E-state index contributed by atoms with van der Waals surface area (Å²) in [7, 11) is 0. The Balaban J connectivity index is 1.75. The first-order chi connectivity index (χ1) is 11.3. The number of nitrogens with one attached hydrogen (secondary N) is 1. The van der Waals surface area contributed by atoms with Gasteiger partial charge in [0.05, 0.1) is 0 Å². The summed E-state index contributed by atoms with van der Waals surface area (Å²) in [4.78, 5) is 2.47. The Bertz CT molecular complexity index is 571. The molecule has 5 heteroatoms. The van der Waals surface area contributed by atoms with Gasteiger partial charge in [0, 0.05) is 18.4 Å². The number of rotatable bonds is 6. The standard InChI is InChI=1S/C18H22N4O/c19-13-16(14-20)15-21-17-5-7-18(8-6-17)23-12-11-22-9-3-1-2-4-10-22/h5-8,15,21H,1-4,9-12H2. The number of anilines is 1. The summed E-state index contributed by atoms with van der Waals surface area (Å²) in [6.45, 7) is 4.02. The van der Waals surface area contributed by atoms with E-state index in [0.29, 0.717) is 6.61 Å². The van der Waals surface area contributed by atoms with Gasteiger partial charge in [0.2, 0.25) is 0 Å². The summed E-state index contributed by atoms with van der Waals surface area (Å²) >= 11 is 0. The van der Waals surface area contributed by atoms with Gasteiger partial charge in [0.25, 0.3) is 0 Å². The Labute approximate surface area is 137 Å². The quantitative estimate of drug-likeness (QED) is 0.816. The summed E-state index contributed by atoms with van der Waals surface area (Å²) in [5.74, 6) is 0.829. The molecule has 0 aromatic heterocycles. The molecule has 1 aliphatic rings. The monoisotopic (exact) mass is 310 g/mol. The molecule has 0 saturated carbocycles. The van der Waals surface area contributed by atoms with Crippen molar-refractivity contribution in [1.29, 1.82) is 10.5 Å². The Morgan fingerprint density at radius 1 is 1.09 bits per heavy atom. The Kier molecular flexibility index (Phi) is 6.97. The predicted molar refractivity (Wildman–Crippen MR) is 89.8 cm³/mol. The minimum Gasteiger partial charge on any atom is -0.492 e. The van der Waals surface area contributed by atoms with Crippen molar-refractivity contribution in [1.82, 2.24) is 4.90 Å². The number of allylic oxidation sites excluding steroid dienone is 1. The van der Waals surface area contributed by atoms with Crippen molar-refractivity contribution in [2.45, 2.75) is 25.7 Å². The molecular weight excluding hydrogens is 288 g/mol. The molecule has 120 valence electrons. The lowest BCUT2D eigenvalue weighted by molar-refractivity contribution is 0.214. The van der Waals surface area contributed by atoms with Crippen molar-refractivity contribution in [3.8, 4) is 17.9 Å². The van der Waals surface area contributed by atoms with Crippen molar-refractivity contribution in [3.63, 3.8) is 0 Å². The van der Waals surface area contributed by atoms with Crippen LogP contribution in [0.5, 0.6) is 5.75 Å². The summed E-state index contributed by atoms with van der Waals surface area (Å²) in [6, 6.07) is 11.1. The summed E-state index contributed by atoms with van der Waals surface area (Å²) in [6.07, 6.45) is 6.68. The molecule has 1 saturated heterocycles. The van der Waals surface area contributed by atoms with E-state index in [0.717, 1.165) is 18.0 Å². The molecule has 23 heavy (non-hydrogen) atoms. The van der Waals surface area contributed by atoms with Crippen LogP contribution in [0.4, 0.5) is 5.69 Å². The van der Waals surface area contributed by atoms with Gasteiger partial charge in [-0.25, -0.2) is 0 Å². The molecule has 0 amide bonds. The van der Waals surface area contributed by atoms with E-state index < -0.39 is 0 Å². The maximum absolute atomic E-state index is 8.67. The van der Waals surface area contributed by atoms with E-state index in [1.165, 1.54) is 45.0 Å². The first-order valence-corrected chi connectivity index (χ1v) is 8.04. The van der Waals surface area contributed by atoms with Gasteiger partial charge in [-0.1, -0.05) is 12.8 Å². The highest BCUT2D eigenvalue weighted by Gasteiger charge is 2.08. The van der Waals surface area contributed by atoms with Crippen LogP contribution in [0, 0.1) is 22.7 Å². The Hall–Kier alpha value is -2.50. The van der Waals surface area contributed by atoms with Gasteiger partial charge in [-0.2, -0.15) is 10.5 Å². The van der Waals surface area contributed by atoms with Gasteiger partial charge in [0.15, 0.2) is 0 Å². The number of ether oxygens (including phenoxy) is 1. The smallest absolute Gasteiger partial charge is 0.145 e. The maximum atomic E-state index is 8.67. The minimum absolute atomic E-state index is 0.0442. The van der Waals surface area contributed by atoms with Gasteiger partial charge in [-0.05, 0) is 50.2 Å². The summed E-state index contributed by atoms with van der Waals surface area (Å²) < 4.78 is 5.78. The zero-order valence-corrected chi connectivity index (χ0v) is 13.3. The average molecular weight is 310 g/mol. The average Bonchev–Trinajstić information content (AvgIpc) is 2.86. The van der Waals surface area contributed by atoms with Crippen molar-refractivity contribution in [2.75, 3.05) is 31.6 Å². The molecule has 0 atom stereocenters. The summed E-state index contributed by atoms with van der Waals surface area (Å²) in [5.41, 5.74) is 0.857. The number of benzene rings is 1. The van der Waals surface area contributed by atoms with Gasteiger partial charge in [0.1, 0.15) is 30.1 Å². The zero-order chi connectivity index (χ0) is 16.3. The second kappa shape index (κ2) is 9.50. The fraction of sp³-hybridized carbons (Fsp3) is 0.444. The van der Waals surface area contributed by atoms with Crippen LogP contribution in [-0.4, -0.2) is 31.1 Å². The van der Waals surface area contributed by atoms with E-state index in [2.05, 4.69) is 10.2 Å². The van der Waals surface area contributed by atoms with Crippen LogP contribution in [0.15, 0.2) is 36.0 Å². The van der Waals surface area contributed by atoms with Crippen LogP contribution in [0.3, 0.4) is 0 Å². The number of likely N-dealkylation sites (tertiary alicyclic amines) is 1. The van der Waals surface area contributed by atoms with Crippen LogP contribution >= 0.6 is 0 Å². The van der Waals surface area contributed by atoms with Crippen molar-refractivity contribution in [2.24, 2.45) is 0 Å². The second-order valence-electron chi connectivity index (χ2n) is 5.55. The topological polar surface area (TPSA) is 72.1 Å². The van der Waals surface area contributed by atoms with Gasteiger partial charge < -0.3 is 10.1 Å². The molecule has 5 nitrogen and oxygen atoms in total. The Morgan fingerprint density at radius 2 is 1.74 bits per heavy atom. The Morgan fingerprint density at radius 3 is 2.35 bits per heavy atom. The molecule has 0 bridgehead atoms. The molecule has 1 aromatic rings. The normalized spacial score (nSPS) is 14.9. The van der Waals surface area contributed by atoms with E-state index in [1.54, 1.807) is 12.1 Å². The minimum atomic E-state index is 0.0442. The first kappa shape index (κ1) is 16.9. The van der Waals surface area contributed by atoms with Gasteiger partial charge in [-0.3, -0.25) is 4.90 Å². The lowest BCUT2D eigenvalue weighted by atomic mass is 10.2. The molecule has 1 fully saturated rings. The van der Waals surface area contributed by atoms with E-state index in [-0.39, 0.29) is 5.57 Å². The van der Waals surface area contributed by atoms with Gasteiger partial charge in [-0.15, -0.1) is 0 Å². The molecule has 0 unspecified atom stereocenters. The molecule has 2 rings (SSSR count). The number of hydrogen-bond donors (Lipinski definition) is 1. The highest BCUT2D eigenvalue weighted by molar-refractivity contribution is 5.51. The van der Waals surface area contributed by atoms with Crippen LogP contribution in [-0.2, 0) is 0 Å². The second-order valence-corrected chi connectivity index (χ2v) is 5.55. The van der Waals surface area contributed by atoms with E-state index in [4.69, 9.17) is 15.3 Å².